The maximum Gasteiger partial charge on any atom is 0.234 e. The van der Waals surface area contributed by atoms with Crippen molar-refractivity contribution in [3.05, 3.63) is 10.8 Å². The molecule has 3 rings (SSSR count). The highest BCUT2D eigenvalue weighted by atomic mass is 32.1. The number of rotatable bonds is 6. The van der Waals surface area contributed by atoms with Crippen LogP contribution in [0.15, 0.2) is 0 Å². The van der Waals surface area contributed by atoms with E-state index >= 15 is 0 Å². The number of fused-ring (bicyclic) bond motifs is 1. The van der Waals surface area contributed by atoms with Crippen LogP contribution in [0.1, 0.15) is 49.7 Å². The molecule has 0 aromatic carbocycles. The van der Waals surface area contributed by atoms with Crippen LogP contribution >= 0.6 is 11.3 Å². The molecule has 0 atom stereocenters. The molecule has 1 aliphatic heterocycles. The average molecular weight is 312 g/mol. The zero-order valence-corrected chi connectivity index (χ0v) is 13.1. The van der Waals surface area contributed by atoms with E-state index in [4.69, 9.17) is 14.2 Å². The molecule has 0 spiro atoms. The summed E-state index contributed by atoms with van der Waals surface area (Å²) in [5.41, 5.74) is 0. The molecule has 2 aromatic rings. The van der Waals surface area contributed by atoms with Crippen LogP contribution in [0.2, 0.25) is 0 Å². The van der Waals surface area contributed by atoms with Crippen LogP contribution in [-0.4, -0.2) is 46.2 Å². The van der Waals surface area contributed by atoms with Gasteiger partial charge in [-0.05, 0) is 26.7 Å². The molecular weight excluding hydrogens is 292 g/mol. The summed E-state index contributed by atoms with van der Waals surface area (Å²) < 4.78 is 18.4. The van der Waals surface area contributed by atoms with Crippen molar-refractivity contribution in [2.45, 2.75) is 38.9 Å². The summed E-state index contributed by atoms with van der Waals surface area (Å²) in [6.45, 7) is 6.60. The molecule has 1 fully saturated rings. The number of hydrogen-bond donors (Lipinski definition) is 0. The summed E-state index contributed by atoms with van der Waals surface area (Å²) in [7, 11) is 0. The third-order valence-electron chi connectivity index (χ3n) is 3.45. The van der Waals surface area contributed by atoms with Crippen LogP contribution in [0, 0.1) is 0 Å². The third kappa shape index (κ3) is 3.08. The second-order valence-corrected chi connectivity index (χ2v) is 5.81. The molecule has 8 heteroatoms. The molecule has 1 saturated heterocycles. The molecule has 21 heavy (non-hydrogen) atoms. The van der Waals surface area contributed by atoms with Gasteiger partial charge in [-0.2, -0.15) is 9.61 Å². The van der Waals surface area contributed by atoms with Crippen molar-refractivity contribution in [2.75, 3.05) is 26.4 Å². The first-order valence-electron chi connectivity index (χ1n) is 7.36. The van der Waals surface area contributed by atoms with Crippen molar-refractivity contribution >= 4 is 16.3 Å². The molecule has 0 bridgehead atoms. The van der Waals surface area contributed by atoms with Gasteiger partial charge in [0.05, 0.1) is 0 Å². The quantitative estimate of drug-likeness (QED) is 0.761. The average Bonchev–Trinajstić information content (AvgIpc) is 3.08. The van der Waals surface area contributed by atoms with Gasteiger partial charge in [0.1, 0.15) is 0 Å². The SMILES string of the molecule is CCOC(OCC)c1nn2c(C3CCOCC3)nnc2s1. The van der Waals surface area contributed by atoms with Gasteiger partial charge in [-0.15, -0.1) is 10.2 Å². The van der Waals surface area contributed by atoms with Gasteiger partial charge in [-0.1, -0.05) is 11.3 Å². The van der Waals surface area contributed by atoms with E-state index < -0.39 is 6.29 Å². The van der Waals surface area contributed by atoms with E-state index in [1.54, 1.807) is 0 Å². The smallest absolute Gasteiger partial charge is 0.234 e. The molecule has 116 valence electrons. The monoisotopic (exact) mass is 312 g/mol. The second kappa shape index (κ2) is 6.78. The second-order valence-electron chi connectivity index (χ2n) is 4.82. The number of aromatic nitrogens is 4. The van der Waals surface area contributed by atoms with Crippen LogP contribution in [0.25, 0.3) is 4.96 Å². The predicted octanol–water partition coefficient (Wildman–Crippen LogP) is 2.15. The van der Waals surface area contributed by atoms with E-state index in [9.17, 15) is 0 Å². The Hall–Kier alpha value is -1.09. The van der Waals surface area contributed by atoms with E-state index in [0.29, 0.717) is 19.1 Å². The largest absolute Gasteiger partial charge is 0.381 e. The first kappa shape index (κ1) is 14.8. The van der Waals surface area contributed by atoms with Gasteiger partial charge in [0.15, 0.2) is 10.8 Å². The molecule has 0 N–H and O–H groups in total. The maximum atomic E-state index is 5.60. The van der Waals surface area contributed by atoms with E-state index in [1.165, 1.54) is 11.3 Å². The van der Waals surface area contributed by atoms with E-state index in [1.807, 2.05) is 18.4 Å². The van der Waals surface area contributed by atoms with Crippen molar-refractivity contribution < 1.29 is 14.2 Å². The maximum absolute atomic E-state index is 5.60. The minimum atomic E-state index is -0.422. The third-order valence-corrected chi connectivity index (χ3v) is 4.38. The van der Waals surface area contributed by atoms with Crippen molar-refractivity contribution in [1.82, 2.24) is 19.8 Å². The van der Waals surface area contributed by atoms with Crippen molar-refractivity contribution in [1.29, 1.82) is 0 Å². The Kier molecular flexibility index (Phi) is 4.79. The fourth-order valence-corrected chi connectivity index (χ4v) is 3.29. The molecule has 0 unspecified atom stereocenters. The summed E-state index contributed by atoms with van der Waals surface area (Å²) in [5, 5.41) is 13.9. The summed E-state index contributed by atoms with van der Waals surface area (Å²) in [6, 6.07) is 0. The van der Waals surface area contributed by atoms with E-state index in [2.05, 4.69) is 15.3 Å². The van der Waals surface area contributed by atoms with Gasteiger partial charge < -0.3 is 14.2 Å². The van der Waals surface area contributed by atoms with Gasteiger partial charge >= 0.3 is 0 Å². The summed E-state index contributed by atoms with van der Waals surface area (Å²) in [6.07, 6.45) is 1.51. The van der Waals surface area contributed by atoms with Gasteiger partial charge in [-0.25, -0.2) is 0 Å². The van der Waals surface area contributed by atoms with Crippen LogP contribution in [0.5, 0.6) is 0 Å². The van der Waals surface area contributed by atoms with Gasteiger partial charge in [-0.3, -0.25) is 0 Å². The topological polar surface area (TPSA) is 70.8 Å². The minimum absolute atomic E-state index is 0.362. The lowest BCUT2D eigenvalue weighted by molar-refractivity contribution is -0.140. The van der Waals surface area contributed by atoms with E-state index in [-0.39, 0.29) is 0 Å². The molecule has 0 radical (unpaired) electrons. The molecule has 3 heterocycles. The summed E-state index contributed by atoms with van der Waals surface area (Å²) >= 11 is 1.47. The lowest BCUT2D eigenvalue weighted by atomic mass is 10.00. The fraction of sp³-hybridized carbons (Fsp3) is 0.769. The molecule has 7 nitrogen and oxygen atoms in total. The molecule has 1 aliphatic rings. The Morgan fingerprint density at radius 3 is 2.62 bits per heavy atom. The van der Waals surface area contributed by atoms with Crippen LogP contribution < -0.4 is 0 Å². The zero-order valence-electron chi connectivity index (χ0n) is 12.3. The Morgan fingerprint density at radius 1 is 1.24 bits per heavy atom. The Morgan fingerprint density at radius 2 is 1.95 bits per heavy atom. The first-order valence-corrected chi connectivity index (χ1v) is 8.18. The lowest BCUT2D eigenvalue weighted by Crippen LogP contribution is -2.17. The van der Waals surface area contributed by atoms with Gasteiger partial charge in [0.25, 0.3) is 0 Å². The number of nitrogens with zero attached hydrogens (tertiary/aromatic N) is 4. The molecular formula is C13H20N4O3S. The van der Waals surface area contributed by atoms with Crippen LogP contribution in [-0.2, 0) is 14.2 Å². The lowest BCUT2D eigenvalue weighted by Gasteiger charge is -2.19. The van der Waals surface area contributed by atoms with Crippen molar-refractivity contribution in [3.8, 4) is 0 Å². The number of ether oxygens (including phenoxy) is 3. The minimum Gasteiger partial charge on any atom is -0.381 e. The highest BCUT2D eigenvalue weighted by Gasteiger charge is 2.25. The van der Waals surface area contributed by atoms with Crippen molar-refractivity contribution in [2.24, 2.45) is 0 Å². The molecule has 0 aliphatic carbocycles. The normalized spacial score (nSPS) is 17.1. The standard InChI is InChI=1S/C13H20N4O3S/c1-3-19-12(20-4-2)11-16-17-10(14-15-13(17)21-11)9-5-7-18-8-6-9/h9,12H,3-8H2,1-2H3. The first-order chi connectivity index (χ1) is 10.3. The van der Waals surface area contributed by atoms with Gasteiger partial charge in [0, 0.05) is 32.3 Å². The number of hydrogen-bond acceptors (Lipinski definition) is 7. The van der Waals surface area contributed by atoms with Crippen molar-refractivity contribution in [3.63, 3.8) is 0 Å². The molecule has 2 aromatic heterocycles. The van der Waals surface area contributed by atoms with Crippen LogP contribution in [0.4, 0.5) is 0 Å². The van der Waals surface area contributed by atoms with Gasteiger partial charge in [0.2, 0.25) is 11.3 Å². The summed E-state index contributed by atoms with van der Waals surface area (Å²) in [5.74, 6) is 1.28. The van der Waals surface area contributed by atoms with E-state index in [0.717, 1.165) is 41.8 Å². The Balaban J connectivity index is 1.87. The predicted molar refractivity (Wildman–Crippen MR) is 77.4 cm³/mol. The molecule has 0 amide bonds. The summed E-state index contributed by atoms with van der Waals surface area (Å²) in [4.78, 5) is 0.788. The Labute approximate surface area is 127 Å². The molecule has 0 saturated carbocycles. The highest BCUT2D eigenvalue weighted by Crippen LogP contribution is 2.29. The zero-order chi connectivity index (χ0) is 14.7. The van der Waals surface area contributed by atoms with Crippen LogP contribution in [0.3, 0.4) is 0 Å². The highest BCUT2D eigenvalue weighted by molar-refractivity contribution is 7.16. The fourth-order valence-electron chi connectivity index (χ4n) is 2.45. The Bertz CT molecular complexity index is 573.